The minimum Gasteiger partial charge on any atom is -0.462 e. The molecular formula is C51H101NO5. The van der Waals surface area contributed by atoms with Crippen molar-refractivity contribution in [2.75, 3.05) is 6.61 Å². The van der Waals surface area contributed by atoms with Gasteiger partial charge in [0.15, 0.2) is 0 Å². The SMILES string of the molecule is CCCCCCCCCCCCCCCCCC(=O)OC(CCCCCCCCCC)CC(=O)NC(CO)C(O)CCCCCCCCCCCCCCCCC. The van der Waals surface area contributed by atoms with E-state index in [9.17, 15) is 19.8 Å². The molecule has 0 aromatic rings. The lowest BCUT2D eigenvalue weighted by molar-refractivity contribution is -0.151. The summed E-state index contributed by atoms with van der Waals surface area (Å²) in [5.41, 5.74) is 0. The fraction of sp³-hybridized carbons (Fsp3) is 0.961. The van der Waals surface area contributed by atoms with Crippen LogP contribution < -0.4 is 5.32 Å². The van der Waals surface area contributed by atoms with E-state index < -0.39 is 18.2 Å². The summed E-state index contributed by atoms with van der Waals surface area (Å²) in [4.78, 5) is 26.0. The molecule has 6 heteroatoms. The van der Waals surface area contributed by atoms with Gasteiger partial charge in [0, 0.05) is 6.42 Å². The van der Waals surface area contributed by atoms with E-state index in [1.807, 2.05) is 0 Å². The molecule has 0 aliphatic rings. The van der Waals surface area contributed by atoms with Crippen LogP contribution in [0, 0.1) is 0 Å². The molecular weight excluding hydrogens is 707 g/mol. The van der Waals surface area contributed by atoms with Crippen LogP contribution in [0.1, 0.15) is 290 Å². The highest BCUT2D eigenvalue weighted by atomic mass is 16.5. The number of aliphatic hydroxyl groups excluding tert-OH is 2. The molecule has 1 amide bonds. The maximum Gasteiger partial charge on any atom is 0.306 e. The summed E-state index contributed by atoms with van der Waals surface area (Å²) in [5.74, 6) is -0.456. The molecule has 0 aliphatic heterocycles. The first kappa shape index (κ1) is 55.9. The fourth-order valence-electron chi connectivity index (χ4n) is 8.26. The number of carbonyl (C=O) groups is 2. The smallest absolute Gasteiger partial charge is 0.306 e. The highest BCUT2D eigenvalue weighted by Crippen LogP contribution is 2.19. The summed E-state index contributed by atoms with van der Waals surface area (Å²) in [6, 6.07) is -0.691. The number of ether oxygens (including phenoxy) is 1. The van der Waals surface area contributed by atoms with Crippen LogP contribution in [0.2, 0.25) is 0 Å². The van der Waals surface area contributed by atoms with E-state index in [-0.39, 0.29) is 24.9 Å². The number of carbonyl (C=O) groups excluding carboxylic acids is 2. The number of unbranched alkanes of at least 4 members (excludes halogenated alkanes) is 35. The van der Waals surface area contributed by atoms with Gasteiger partial charge in [0.1, 0.15) is 6.10 Å². The molecule has 0 radical (unpaired) electrons. The number of nitrogens with one attached hydrogen (secondary N) is 1. The van der Waals surface area contributed by atoms with Gasteiger partial charge in [0.25, 0.3) is 0 Å². The molecule has 3 unspecified atom stereocenters. The Morgan fingerprint density at radius 3 is 1.07 bits per heavy atom. The molecule has 57 heavy (non-hydrogen) atoms. The number of hydrogen-bond acceptors (Lipinski definition) is 5. The highest BCUT2D eigenvalue weighted by molar-refractivity contribution is 5.77. The topological polar surface area (TPSA) is 95.9 Å². The van der Waals surface area contributed by atoms with Crippen molar-refractivity contribution in [2.24, 2.45) is 0 Å². The van der Waals surface area contributed by atoms with Gasteiger partial charge in [0.05, 0.1) is 25.2 Å². The van der Waals surface area contributed by atoms with E-state index in [4.69, 9.17) is 4.74 Å². The second-order valence-electron chi connectivity index (χ2n) is 17.9. The molecule has 0 fully saturated rings. The lowest BCUT2D eigenvalue weighted by Crippen LogP contribution is -2.46. The predicted octanol–water partition coefficient (Wildman–Crippen LogP) is 15.2. The highest BCUT2D eigenvalue weighted by Gasteiger charge is 2.24. The van der Waals surface area contributed by atoms with Crippen molar-refractivity contribution in [3.8, 4) is 0 Å². The summed E-state index contributed by atoms with van der Waals surface area (Å²) in [6.07, 6.45) is 48.8. The Labute approximate surface area is 356 Å². The van der Waals surface area contributed by atoms with Gasteiger partial charge in [-0.2, -0.15) is 0 Å². The van der Waals surface area contributed by atoms with Crippen LogP contribution in [0.5, 0.6) is 0 Å². The van der Waals surface area contributed by atoms with Crippen LogP contribution >= 0.6 is 0 Å². The summed E-state index contributed by atoms with van der Waals surface area (Å²) in [7, 11) is 0. The van der Waals surface area contributed by atoms with Gasteiger partial charge >= 0.3 is 5.97 Å². The third-order valence-electron chi connectivity index (χ3n) is 12.2. The lowest BCUT2D eigenvalue weighted by Gasteiger charge is -2.24. The Morgan fingerprint density at radius 2 is 0.737 bits per heavy atom. The van der Waals surface area contributed by atoms with Crippen LogP contribution in [0.15, 0.2) is 0 Å². The quantitative estimate of drug-likeness (QED) is 0.0420. The van der Waals surface area contributed by atoms with Crippen molar-refractivity contribution >= 4 is 11.9 Å². The second-order valence-corrected chi connectivity index (χ2v) is 17.9. The Hall–Kier alpha value is -1.14. The van der Waals surface area contributed by atoms with Gasteiger partial charge in [-0.15, -0.1) is 0 Å². The van der Waals surface area contributed by atoms with E-state index in [2.05, 4.69) is 26.1 Å². The maximum atomic E-state index is 13.1. The van der Waals surface area contributed by atoms with Crippen molar-refractivity contribution in [3.63, 3.8) is 0 Å². The van der Waals surface area contributed by atoms with Gasteiger partial charge < -0.3 is 20.3 Å². The van der Waals surface area contributed by atoms with E-state index in [0.29, 0.717) is 19.3 Å². The average molecular weight is 808 g/mol. The van der Waals surface area contributed by atoms with Crippen LogP contribution in [-0.2, 0) is 14.3 Å². The molecule has 0 heterocycles. The summed E-state index contributed by atoms with van der Waals surface area (Å²) in [5, 5.41) is 23.7. The zero-order valence-electron chi connectivity index (χ0n) is 38.8. The van der Waals surface area contributed by atoms with Crippen LogP contribution in [0.3, 0.4) is 0 Å². The molecule has 6 nitrogen and oxygen atoms in total. The Morgan fingerprint density at radius 1 is 0.439 bits per heavy atom. The normalized spacial score (nSPS) is 13.1. The van der Waals surface area contributed by atoms with E-state index in [0.717, 1.165) is 38.5 Å². The second kappa shape index (κ2) is 45.9. The Bertz CT molecular complexity index is 821. The molecule has 3 atom stereocenters. The van der Waals surface area contributed by atoms with E-state index in [1.54, 1.807) is 0 Å². The Kier molecular flexibility index (Phi) is 45.0. The van der Waals surface area contributed by atoms with Crippen molar-refractivity contribution in [2.45, 2.75) is 309 Å². The first-order valence-electron chi connectivity index (χ1n) is 25.8. The zero-order chi connectivity index (χ0) is 41.7. The summed E-state index contributed by atoms with van der Waals surface area (Å²) >= 11 is 0. The molecule has 0 rings (SSSR count). The zero-order valence-corrected chi connectivity index (χ0v) is 38.8. The molecule has 0 saturated heterocycles. The van der Waals surface area contributed by atoms with E-state index >= 15 is 0 Å². The molecule has 0 spiro atoms. The maximum absolute atomic E-state index is 13.1. The number of aliphatic hydroxyl groups is 2. The predicted molar refractivity (Wildman–Crippen MR) is 246 cm³/mol. The van der Waals surface area contributed by atoms with Gasteiger partial charge in [-0.1, -0.05) is 252 Å². The molecule has 0 bridgehead atoms. The molecule has 0 aromatic carbocycles. The molecule has 3 N–H and O–H groups in total. The monoisotopic (exact) mass is 808 g/mol. The van der Waals surface area contributed by atoms with Crippen molar-refractivity contribution in [1.29, 1.82) is 0 Å². The number of rotatable bonds is 47. The fourth-order valence-corrected chi connectivity index (χ4v) is 8.26. The van der Waals surface area contributed by atoms with Crippen molar-refractivity contribution in [1.82, 2.24) is 5.32 Å². The standard InChI is InChI=1S/C51H101NO5/c1-4-7-10-13-16-19-21-23-25-27-29-31-34-37-40-43-49(54)48(46-53)52-50(55)45-47(42-39-36-33-18-15-12-9-6-3)57-51(56)44-41-38-35-32-30-28-26-24-22-20-17-14-11-8-5-2/h47-49,53-54H,4-46H2,1-3H3,(H,52,55). The average Bonchev–Trinajstić information content (AvgIpc) is 3.20. The molecule has 0 aromatic heterocycles. The largest absolute Gasteiger partial charge is 0.462 e. The summed E-state index contributed by atoms with van der Waals surface area (Å²) < 4.78 is 5.91. The minimum atomic E-state index is -0.778. The van der Waals surface area contributed by atoms with Gasteiger partial charge in [-0.05, 0) is 25.7 Å². The van der Waals surface area contributed by atoms with Crippen LogP contribution in [-0.4, -0.2) is 46.9 Å². The number of amides is 1. The van der Waals surface area contributed by atoms with Crippen molar-refractivity contribution < 1.29 is 24.5 Å². The third kappa shape index (κ3) is 41.4. The van der Waals surface area contributed by atoms with Crippen LogP contribution in [0.4, 0.5) is 0 Å². The minimum absolute atomic E-state index is 0.0866. The van der Waals surface area contributed by atoms with E-state index in [1.165, 1.54) is 205 Å². The van der Waals surface area contributed by atoms with Crippen molar-refractivity contribution in [3.05, 3.63) is 0 Å². The van der Waals surface area contributed by atoms with Crippen LogP contribution in [0.25, 0.3) is 0 Å². The van der Waals surface area contributed by atoms with Gasteiger partial charge in [-0.3, -0.25) is 9.59 Å². The molecule has 340 valence electrons. The number of esters is 1. The summed E-state index contributed by atoms with van der Waals surface area (Å²) in [6.45, 7) is 6.49. The Balaban J connectivity index is 4.36. The first-order valence-corrected chi connectivity index (χ1v) is 25.8. The molecule has 0 aliphatic carbocycles. The number of hydrogen-bond donors (Lipinski definition) is 3. The van der Waals surface area contributed by atoms with Gasteiger partial charge in [0.2, 0.25) is 5.91 Å². The molecule has 0 saturated carbocycles. The lowest BCUT2D eigenvalue weighted by atomic mass is 10.0. The van der Waals surface area contributed by atoms with Gasteiger partial charge in [-0.25, -0.2) is 0 Å². The third-order valence-corrected chi connectivity index (χ3v) is 12.2. The first-order chi connectivity index (χ1) is 28.0.